The smallest absolute Gasteiger partial charge is 0.445 e. The van der Waals surface area contributed by atoms with Crippen molar-refractivity contribution in [1.82, 2.24) is 9.88 Å². The maximum Gasteiger partial charge on any atom is 0.492 e. The highest BCUT2D eigenvalue weighted by Crippen LogP contribution is 2.39. The minimum Gasteiger partial charge on any atom is -0.445 e. The standard InChI is InChI=1S/C30H37BN2O6/c1-28(2,3)37-27(35)33-16-15-23-17-22(13-14-25(23)33)18-24(31-38-29(4,5)30(6,7)39-31)19-32-26(34)36-20-21-11-9-8-10-12-21/h8-18H,19-20H2,1-7H3,(H,32,34). The highest BCUT2D eigenvalue weighted by Gasteiger charge is 2.52. The van der Waals surface area contributed by atoms with E-state index < -0.39 is 36.1 Å². The molecule has 0 bridgehead atoms. The van der Waals surface area contributed by atoms with Crippen LogP contribution < -0.4 is 5.32 Å². The van der Waals surface area contributed by atoms with Gasteiger partial charge in [0.1, 0.15) is 12.2 Å². The molecule has 1 N–H and O–H groups in total. The summed E-state index contributed by atoms with van der Waals surface area (Å²) in [5.74, 6) is 0. The Bertz CT molecular complexity index is 1360. The molecule has 9 heteroatoms. The van der Waals surface area contributed by atoms with E-state index >= 15 is 0 Å². The zero-order valence-electron chi connectivity index (χ0n) is 23.7. The monoisotopic (exact) mass is 532 g/mol. The maximum atomic E-state index is 12.6. The molecule has 8 nitrogen and oxygen atoms in total. The Balaban J connectivity index is 1.55. The number of fused-ring (bicyclic) bond motifs is 1. The summed E-state index contributed by atoms with van der Waals surface area (Å²) in [6.07, 6.45) is 2.67. The van der Waals surface area contributed by atoms with Gasteiger partial charge in [-0.2, -0.15) is 0 Å². The zero-order valence-corrected chi connectivity index (χ0v) is 23.7. The Labute approximate surface area is 230 Å². The van der Waals surface area contributed by atoms with Gasteiger partial charge in [0.25, 0.3) is 0 Å². The van der Waals surface area contributed by atoms with Crippen LogP contribution in [0.25, 0.3) is 17.0 Å². The Hall–Kier alpha value is -3.56. The summed E-state index contributed by atoms with van der Waals surface area (Å²) >= 11 is 0. The number of rotatable bonds is 6. The molecule has 4 rings (SSSR count). The summed E-state index contributed by atoms with van der Waals surface area (Å²) in [7, 11) is -0.661. The van der Waals surface area contributed by atoms with Crippen molar-refractivity contribution in [3.8, 4) is 0 Å². The van der Waals surface area contributed by atoms with E-state index in [1.807, 2.05) is 109 Å². The van der Waals surface area contributed by atoms with E-state index in [9.17, 15) is 9.59 Å². The topological polar surface area (TPSA) is 88.0 Å². The molecule has 2 aromatic carbocycles. The van der Waals surface area contributed by atoms with Gasteiger partial charge in [-0.25, -0.2) is 9.59 Å². The second kappa shape index (κ2) is 10.9. The van der Waals surface area contributed by atoms with Crippen LogP contribution in [0.1, 0.15) is 59.6 Å². The number of nitrogens with zero attached hydrogens (tertiary/aromatic N) is 1. The first kappa shape index (κ1) is 28.5. The lowest BCUT2D eigenvalue weighted by atomic mass is 9.77. The van der Waals surface area contributed by atoms with Crippen molar-refractivity contribution in [2.75, 3.05) is 6.54 Å². The lowest BCUT2D eigenvalue weighted by Crippen LogP contribution is -2.41. The third-order valence-electron chi connectivity index (χ3n) is 6.86. The van der Waals surface area contributed by atoms with Crippen molar-refractivity contribution in [3.05, 3.63) is 77.4 Å². The molecule has 0 aliphatic carbocycles. The Morgan fingerprint density at radius 2 is 1.67 bits per heavy atom. The van der Waals surface area contributed by atoms with Crippen LogP contribution in [0.15, 0.2) is 66.3 Å². The molecule has 3 aromatic rings. The average molecular weight is 532 g/mol. The molecule has 1 aliphatic heterocycles. The van der Waals surface area contributed by atoms with Crippen molar-refractivity contribution < 1.29 is 28.4 Å². The van der Waals surface area contributed by atoms with Crippen LogP contribution in [0.2, 0.25) is 0 Å². The number of alkyl carbamates (subject to hydrolysis) is 1. The molecule has 0 unspecified atom stereocenters. The van der Waals surface area contributed by atoms with Crippen LogP contribution >= 0.6 is 0 Å². The highest BCUT2D eigenvalue weighted by molar-refractivity contribution is 6.56. The molecule has 39 heavy (non-hydrogen) atoms. The molecule has 0 spiro atoms. The van der Waals surface area contributed by atoms with Gasteiger partial charge in [0, 0.05) is 18.1 Å². The van der Waals surface area contributed by atoms with Gasteiger partial charge in [0.05, 0.1) is 16.7 Å². The molecule has 1 aliphatic rings. The zero-order chi connectivity index (χ0) is 28.4. The van der Waals surface area contributed by atoms with Gasteiger partial charge in [-0.15, -0.1) is 0 Å². The number of hydrogen-bond donors (Lipinski definition) is 1. The first-order chi connectivity index (χ1) is 18.2. The van der Waals surface area contributed by atoms with E-state index in [0.717, 1.165) is 27.5 Å². The molecule has 2 heterocycles. The minimum absolute atomic E-state index is 0.168. The summed E-state index contributed by atoms with van der Waals surface area (Å²) < 4.78 is 25.0. The number of nitrogens with one attached hydrogen (secondary N) is 1. The van der Waals surface area contributed by atoms with E-state index in [1.165, 1.54) is 4.57 Å². The van der Waals surface area contributed by atoms with E-state index in [2.05, 4.69) is 5.32 Å². The fourth-order valence-corrected chi connectivity index (χ4v) is 4.08. The van der Waals surface area contributed by atoms with Gasteiger partial charge in [-0.1, -0.05) is 42.5 Å². The lowest BCUT2D eigenvalue weighted by Gasteiger charge is -2.32. The molecule has 0 saturated carbocycles. The van der Waals surface area contributed by atoms with Crippen LogP contribution in [0.3, 0.4) is 0 Å². The van der Waals surface area contributed by atoms with Crippen molar-refractivity contribution in [3.63, 3.8) is 0 Å². The van der Waals surface area contributed by atoms with Gasteiger partial charge < -0.3 is 24.1 Å². The lowest BCUT2D eigenvalue weighted by molar-refractivity contribution is 0.00578. The second-order valence-corrected chi connectivity index (χ2v) is 11.7. The number of aromatic nitrogens is 1. The average Bonchev–Trinajstić information content (AvgIpc) is 3.36. The van der Waals surface area contributed by atoms with E-state index in [1.54, 1.807) is 6.20 Å². The van der Waals surface area contributed by atoms with E-state index in [4.69, 9.17) is 18.8 Å². The summed E-state index contributed by atoms with van der Waals surface area (Å²) in [4.78, 5) is 25.1. The molecule has 1 amide bonds. The fraction of sp³-hybridized carbons (Fsp3) is 0.400. The molecule has 1 aromatic heterocycles. The molecule has 206 valence electrons. The number of carbonyl (C=O) groups excluding carboxylic acids is 2. The number of carbonyl (C=O) groups is 2. The van der Waals surface area contributed by atoms with Crippen LogP contribution in [0.5, 0.6) is 0 Å². The number of benzene rings is 2. The third-order valence-corrected chi connectivity index (χ3v) is 6.86. The van der Waals surface area contributed by atoms with Crippen molar-refractivity contribution in [1.29, 1.82) is 0 Å². The Kier molecular flexibility index (Phi) is 7.95. The van der Waals surface area contributed by atoms with Gasteiger partial charge in [-0.05, 0) is 83.3 Å². The fourth-order valence-electron chi connectivity index (χ4n) is 4.08. The summed E-state index contributed by atoms with van der Waals surface area (Å²) in [5.41, 5.74) is 1.56. The van der Waals surface area contributed by atoms with Gasteiger partial charge in [0.15, 0.2) is 0 Å². The quantitative estimate of drug-likeness (QED) is 0.372. The molecule has 1 fully saturated rings. The third kappa shape index (κ3) is 6.91. The second-order valence-electron chi connectivity index (χ2n) is 11.7. The number of hydrogen-bond acceptors (Lipinski definition) is 6. The number of amides is 1. The van der Waals surface area contributed by atoms with Gasteiger partial charge in [-0.3, -0.25) is 4.57 Å². The van der Waals surface area contributed by atoms with Crippen molar-refractivity contribution >= 4 is 36.3 Å². The number of ether oxygens (including phenoxy) is 2. The summed E-state index contributed by atoms with van der Waals surface area (Å²) in [6.45, 7) is 13.8. The minimum atomic E-state index is -0.661. The Morgan fingerprint density at radius 3 is 2.31 bits per heavy atom. The Morgan fingerprint density at radius 1 is 1.00 bits per heavy atom. The van der Waals surface area contributed by atoms with E-state index in [0.29, 0.717) is 0 Å². The first-order valence-corrected chi connectivity index (χ1v) is 13.1. The molecular formula is C30H37BN2O6. The van der Waals surface area contributed by atoms with E-state index in [-0.39, 0.29) is 13.2 Å². The predicted octanol–water partition coefficient (Wildman–Crippen LogP) is 6.37. The normalized spacial score (nSPS) is 16.8. The maximum absolute atomic E-state index is 12.6. The first-order valence-electron chi connectivity index (χ1n) is 13.1. The van der Waals surface area contributed by atoms with Crippen LogP contribution in [0.4, 0.5) is 9.59 Å². The van der Waals surface area contributed by atoms with Crippen molar-refractivity contribution in [2.45, 2.75) is 71.9 Å². The van der Waals surface area contributed by atoms with Crippen LogP contribution in [-0.4, -0.2) is 47.2 Å². The molecule has 0 atom stereocenters. The van der Waals surface area contributed by atoms with Crippen LogP contribution in [-0.2, 0) is 25.4 Å². The van der Waals surface area contributed by atoms with Crippen LogP contribution in [0, 0.1) is 0 Å². The molecular weight excluding hydrogens is 495 g/mol. The molecule has 1 saturated heterocycles. The summed E-state index contributed by atoms with van der Waals surface area (Å²) in [6, 6.07) is 17.1. The van der Waals surface area contributed by atoms with Gasteiger partial charge in [0.2, 0.25) is 0 Å². The van der Waals surface area contributed by atoms with Crippen molar-refractivity contribution in [2.24, 2.45) is 0 Å². The highest BCUT2D eigenvalue weighted by atomic mass is 16.7. The SMILES string of the molecule is CC(C)(C)OC(=O)n1ccc2cc(C=C(CNC(=O)OCc3ccccc3)B3OC(C)(C)C(C)(C)O3)ccc21. The largest absolute Gasteiger partial charge is 0.492 e. The molecule has 0 radical (unpaired) electrons. The predicted molar refractivity (Wildman–Crippen MR) is 152 cm³/mol. The summed E-state index contributed by atoms with van der Waals surface area (Å²) in [5, 5.41) is 3.70. The van der Waals surface area contributed by atoms with Gasteiger partial charge >= 0.3 is 19.3 Å².